The number of nitrogens with one attached hydrogen (secondary N) is 1. The summed E-state index contributed by atoms with van der Waals surface area (Å²) < 4.78 is 49.6. The molecule has 2 aromatic rings. The van der Waals surface area contributed by atoms with Crippen LogP contribution in [0.4, 0.5) is 13.2 Å². The summed E-state index contributed by atoms with van der Waals surface area (Å²) >= 11 is 18.9. The van der Waals surface area contributed by atoms with Gasteiger partial charge in [-0.25, -0.2) is 0 Å². The summed E-state index contributed by atoms with van der Waals surface area (Å²) in [5.41, 5.74) is -0.638. The summed E-state index contributed by atoms with van der Waals surface area (Å²) in [5, 5.41) is 3.28. The van der Waals surface area contributed by atoms with E-state index in [0.717, 1.165) is 27.7 Å². The van der Waals surface area contributed by atoms with Gasteiger partial charge in [-0.05, 0) is 75.0 Å². The van der Waals surface area contributed by atoms with Crippen molar-refractivity contribution in [3.63, 3.8) is 0 Å². The Morgan fingerprint density at radius 1 is 1.03 bits per heavy atom. The molecule has 0 aliphatic carbocycles. The van der Waals surface area contributed by atoms with Crippen molar-refractivity contribution in [1.82, 2.24) is 5.32 Å². The number of hydrogen-bond acceptors (Lipinski definition) is 3. The van der Waals surface area contributed by atoms with E-state index in [1.807, 2.05) is 0 Å². The number of alkyl halides is 3. The van der Waals surface area contributed by atoms with Crippen LogP contribution in [0.15, 0.2) is 45.9 Å². The predicted octanol–water partition coefficient (Wildman–Crippen LogP) is 7.61. The van der Waals surface area contributed by atoms with Gasteiger partial charge in [0.1, 0.15) is 12.4 Å². The van der Waals surface area contributed by atoms with Crippen LogP contribution in [0.3, 0.4) is 0 Å². The molecule has 0 spiro atoms. The van der Waals surface area contributed by atoms with Gasteiger partial charge in [-0.15, -0.1) is 0 Å². The van der Waals surface area contributed by atoms with E-state index in [-0.39, 0.29) is 5.56 Å². The van der Waals surface area contributed by atoms with Crippen LogP contribution in [0.25, 0.3) is 0 Å². The first kappa shape index (κ1) is 26.8. The minimum absolute atomic E-state index is 0.161. The van der Waals surface area contributed by atoms with Crippen LogP contribution in [-0.2, 0) is 6.18 Å². The molecule has 0 bridgehead atoms. The Labute approximate surface area is 210 Å². The third kappa shape index (κ3) is 8.84. The van der Waals surface area contributed by atoms with E-state index >= 15 is 0 Å². The van der Waals surface area contributed by atoms with E-state index in [9.17, 15) is 18.0 Å². The molecular weight excluding hydrogens is 602 g/mol. The molecule has 1 amide bonds. The highest BCUT2D eigenvalue weighted by Gasteiger charge is 2.30. The number of carbonyl (C=O) groups excluding carboxylic acids is 1. The second-order valence-corrected chi connectivity index (χ2v) is 9.99. The molecular formula is C21H18Br2Cl2F3NO3. The van der Waals surface area contributed by atoms with Gasteiger partial charge in [0.25, 0.3) is 5.91 Å². The number of amides is 1. The molecule has 0 heterocycles. The summed E-state index contributed by atoms with van der Waals surface area (Å²) in [6.45, 7) is 0.972. The van der Waals surface area contributed by atoms with Crippen LogP contribution in [-0.4, -0.2) is 25.7 Å². The Balaban J connectivity index is 1.73. The molecule has 2 rings (SSSR count). The summed E-state index contributed by atoms with van der Waals surface area (Å²) in [5.74, 6) is 0.394. The first-order valence-electron chi connectivity index (χ1n) is 9.29. The largest absolute Gasteiger partial charge is 0.490 e. The minimum atomic E-state index is -4.43. The molecule has 11 heteroatoms. The van der Waals surface area contributed by atoms with Gasteiger partial charge in [0.15, 0.2) is 5.75 Å². The van der Waals surface area contributed by atoms with Gasteiger partial charge in [0.2, 0.25) is 0 Å². The van der Waals surface area contributed by atoms with E-state index in [2.05, 4.69) is 37.2 Å². The maximum absolute atomic E-state index is 12.6. The van der Waals surface area contributed by atoms with Crippen molar-refractivity contribution in [1.29, 1.82) is 0 Å². The van der Waals surface area contributed by atoms with Crippen LogP contribution in [0.5, 0.6) is 11.5 Å². The topological polar surface area (TPSA) is 47.6 Å². The van der Waals surface area contributed by atoms with E-state index in [0.29, 0.717) is 54.1 Å². The van der Waals surface area contributed by atoms with Crippen molar-refractivity contribution in [2.75, 3.05) is 19.8 Å². The summed E-state index contributed by atoms with van der Waals surface area (Å²) in [6.07, 6.45) is -1.47. The first-order chi connectivity index (χ1) is 15.1. The number of ether oxygens (including phenoxy) is 2. The van der Waals surface area contributed by atoms with Gasteiger partial charge in [0.05, 0.1) is 25.6 Å². The maximum Gasteiger partial charge on any atom is 0.416 e. The number of rotatable bonds is 10. The van der Waals surface area contributed by atoms with Crippen molar-refractivity contribution in [3.05, 3.63) is 67.0 Å². The standard InChI is InChI=1S/C21H18Br2Cl2F3NO3/c22-18(23)7-10-31-15-11-16(24)19(17(25)12-15)32-9-2-1-8-29-20(30)13-3-5-14(6-4-13)21(26,27)28/h3-7,11-12H,1-2,8-10H2,(H,29,30). The highest BCUT2D eigenvalue weighted by atomic mass is 79.9. The fourth-order valence-electron chi connectivity index (χ4n) is 2.47. The summed E-state index contributed by atoms with van der Waals surface area (Å²) in [4.78, 5) is 12.0. The van der Waals surface area contributed by atoms with E-state index < -0.39 is 17.6 Å². The van der Waals surface area contributed by atoms with Gasteiger partial charge >= 0.3 is 6.18 Å². The van der Waals surface area contributed by atoms with Gasteiger partial charge in [-0.2, -0.15) is 13.2 Å². The highest BCUT2D eigenvalue weighted by Crippen LogP contribution is 2.37. The second kappa shape index (κ2) is 12.7. The smallest absolute Gasteiger partial charge is 0.416 e. The summed E-state index contributed by atoms with van der Waals surface area (Å²) in [6, 6.07) is 7.25. The van der Waals surface area contributed by atoms with Crippen LogP contribution in [0.1, 0.15) is 28.8 Å². The van der Waals surface area contributed by atoms with Crippen molar-refractivity contribution in [2.45, 2.75) is 19.0 Å². The monoisotopic (exact) mass is 617 g/mol. The molecule has 4 nitrogen and oxygen atoms in total. The lowest BCUT2D eigenvalue weighted by molar-refractivity contribution is -0.137. The molecule has 0 aromatic heterocycles. The lowest BCUT2D eigenvalue weighted by Crippen LogP contribution is -2.24. The number of benzene rings is 2. The Bertz CT molecular complexity index is 927. The third-order valence-electron chi connectivity index (χ3n) is 4.04. The predicted molar refractivity (Wildman–Crippen MR) is 126 cm³/mol. The van der Waals surface area contributed by atoms with Crippen LogP contribution < -0.4 is 14.8 Å². The average molecular weight is 620 g/mol. The van der Waals surface area contributed by atoms with E-state index in [1.54, 1.807) is 18.2 Å². The molecule has 2 aromatic carbocycles. The average Bonchev–Trinajstić information content (AvgIpc) is 2.71. The Morgan fingerprint density at radius 3 is 2.22 bits per heavy atom. The fourth-order valence-corrected chi connectivity index (χ4v) is 3.32. The van der Waals surface area contributed by atoms with Gasteiger partial charge < -0.3 is 14.8 Å². The van der Waals surface area contributed by atoms with Crippen LogP contribution in [0, 0.1) is 0 Å². The second-order valence-electron chi connectivity index (χ2n) is 6.41. The molecule has 174 valence electrons. The Morgan fingerprint density at radius 2 is 1.66 bits per heavy atom. The fraction of sp³-hybridized carbons (Fsp3) is 0.286. The Kier molecular flexibility index (Phi) is 10.7. The van der Waals surface area contributed by atoms with Gasteiger partial charge in [-0.1, -0.05) is 23.2 Å². The first-order valence-corrected chi connectivity index (χ1v) is 11.6. The number of unbranched alkanes of at least 4 members (excludes halogenated alkanes) is 1. The van der Waals surface area contributed by atoms with Crippen molar-refractivity contribution < 1.29 is 27.4 Å². The molecule has 32 heavy (non-hydrogen) atoms. The van der Waals surface area contributed by atoms with Crippen molar-refractivity contribution >= 4 is 61.0 Å². The third-order valence-corrected chi connectivity index (χ3v) is 5.25. The molecule has 0 fully saturated rings. The highest BCUT2D eigenvalue weighted by molar-refractivity contribution is 9.28. The number of carbonyl (C=O) groups is 1. The zero-order valence-corrected chi connectivity index (χ0v) is 21.1. The zero-order chi connectivity index (χ0) is 23.7. The molecule has 0 aliphatic rings. The number of hydrogen-bond donors (Lipinski definition) is 1. The molecule has 0 atom stereocenters. The molecule has 0 radical (unpaired) electrons. The van der Waals surface area contributed by atoms with Crippen molar-refractivity contribution in [2.24, 2.45) is 0 Å². The van der Waals surface area contributed by atoms with Crippen molar-refractivity contribution in [3.8, 4) is 11.5 Å². The van der Waals surface area contributed by atoms with E-state index in [1.165, 1.54) is 0 Å². The Hall–Kier alpha value is -1.42. The minimum Gasteiger partial charge on any atom is -0.490 e. The lowest BCUT2D eigenvalue weighted by Gasteiger charge is -2.12. The molecule has 0 saturated carbocycles. The van der Waals surface area contributed by atoms with E-state index in [4.69, 9.17) is 32.7 Å². The molecule has 0 aliphatic heterocycles. The quantitative estimate of drug-likeness (QED) is 0.279. The van der Waals surface area contributed by atoms with Crippen LogP contribution in [0.2, 0.25) is 10.0 Å². The van der Waals surface area contributed by atoms with Crippen LogP contribution >= 0.6 is 55.1 Å². The zero-order valence-electron chi connectivity index (χ0n) is 16.4. The summed E-state index contributed by atoms with van der Waals surface area (Å²) in [7, 11) is 0. The molecule has 1 N–H and O–H groups in total. The number of halogens is 7. The lowest BCUT2D eigenvalue weighted by atomic mass is 10.1. The van der Waals surface area contributed by atoms with Gasteiger partial charge in [0, 0.05) is 24.2 Å². The normalized spacial score (nSPS) is 11.1. The molecule has 0 saturated heterocycles. The molecule has 0 unspecified atom stereocenters. The SMILES string of the molecule is O=C(NCCCCOc1c(Cl)cc(OCC=C(Br)Br)cc1Cl)c1ccc(C(F)(F)F)cc1. The van der Waals surface area contributed by atoms with Gasteiger partial charge in [-0.3, -0.25) is 4.79 Å². The maximum atomic E-state index is 12.6.